The summed E-state index contributed by atoms with van der Waals surface area (Å²) >= 11 is 0. The van der Waals surface area contributed by atoms with E-state index in [0.717, 1.165) is 5.56 Å². The van der Waals surface area contributed by atoms with E-state index in [9.17, 15) is 13.2 Å². The summed E-state index contributed by atoms with van der Waals surface area (Å²) < 4.78 is 35.1. The maximum atomic E-state index is 13.2. The van der Waals surface area contributed by atoms with Gasteiger partial charge in [0.05, 0.1) is 17.5 Å². The molecule has 0 aliphatic carbocycles. The van der Waals surface area contributed by atoms with Gasteiger partial charge in [0.15, 0.2) is 11.2 Å². The van der Waals surface area contributed by atoms with E-state index in [4.69, 9.17) is 9.72 Å². The highest BCUT2D eigenvalue weighted by atomic mass is 32.2. The van der Waals surface area contributed by atoms with Gasteiger partial charge in [0.2, 0.25) is 10.0 Å². The second kappa shape index (κ2) is 9.82. The van der Waals surface area contributed by atoms with Crippen molar-refractivity contribution in [3.05, 3.63) is 76.3 Å². The molecule has 11 heteroatoms. The molecule has 0 unspecified atom stereocenters. The number of H-pyrrole nitrogens is 1. The molecular weight excluding hydrogens is 480 g/mol. The summed E-state index contributed by atoms with van der Waals surface area (Å²) in [5.74, 6) is 1.10. The number of aromatic nitrogens is 5. The number of nitrogens with zero attached hydrogens (tertiary/aromatic N) is 5. The molecular formula is C25H28N6O4S. The Labute approximate surface area is 209 Å². The highest BCUT2D eigenvalue weighted by Crippen LogP contribution is 2.29. The molecule has 4 aromatic rings. The van der Waals surface area contributed by atoms with Crippen molar-refractivity contribution in [3.63, 3.8) is 0 Å². The third kappa shape index (κ3) is 4.89. The molecule has 5 rings (SSSR count). The average Bonchev–Trinajstić information content (AvgIpc) is 3.28. The van der Waals surface area contributed by atoms with Crippen molar-refractivity contribution in [1.82, 2.24) is 29.3 Å². The Morgan fingerprint density at radius 3 is 2.42 bits per heavy atom. The maximum absolute atomic E-state index is 13.2. The van der Waals surface area contributed by atoms with Crippen molar-refractivity contribution in [3.8, 4) is 5.75 Å². The Hall–Kier alpha value is -3.57. The highest BCUT2D eigenvalue weighted by Gasteiger charge is 2.31. The molecule has 1 aliphatic rings. The summed E-state index contributed by atoms with van der Waals surface area (Å²) in [5.41, 5.74) is 1.30. The standard InChI is InChI=1S/C25H28N6O4S/c1-17(2)35-20-8-10-21(11-9-20)36(33,34)30-14-12-19(13-15-30)23-26-24-22(25(32)27-23)28-29-31(24)16-18-6-4-3-5-7-18/h3-11,17,19H,12-16H2,1-2H3,(H,26,27,32). The molecule has 10 nitrogen and oxygen atoms in total. The second-order valence-corrected chi connectivity index (χ2v) is 11.1. The second-order valence-electron chi connectivity index (χ2n) is 9.17. The molecule has 3 heterocycles. The molecule has 0 amide bonds. The third-order valence-electron chi connectivity index (χ3n) is 6.24. The van der Waals surface area contributed by atoms with Crippen molar-refractivity contribution in [2.45, 2.75) is 50.2 Å². The number of piperidine rings is 1. The van der Waals surface area contributed by atoms with E-state index in [-0.39, 0.29) is 28.0 Å². The number of nitrogens with one attached hydrogen (secondary N) is 1. The van der Waals surface area contributed by atoms with Crippen LogP contribution in [0.3, 0.4) is 0 Å². The lowest BCUT2D eigenvalue weighted by Gasteiger charge is -2.30. The fraction of sp³-hybridized carbons (Fsp3) is 0.360. The van der Waals surface area contributed by atoms with Gasteiger partial charge in [-0.25, -0.2) is 18.1 Å². The van der Waals surface area contributed by atoms with E-state index in [2.05, 4.69) is 15.3 Å². The Morgan fingerprint density at radius 2 is 1.75 bits per heavy atom. The summed E-state index contributed by atoms with van der Waals surface area (Å²) in [6, 6.07) is 16.3. The Balaban J connectivity index is 1.32. The van der Waals surface area contributed by atoms with Crippen LogP contribution >= 0.6 is 0 Å². The minimum Gasteiger partial charge on any atom is -0.491 e. The predicted molar refractivity (Wildman–Crippen MR) is 134 cm³/mol. The minimum atomic E-state index is -3.63. The van der Waals surface area contributed by atoms with Crippen LogP contribution < -0.4 is 10.3 Å². The Morgan fingerprint density at radius 1 is 1.06 bits per heavy atom. The minimum absolute atomic E-state index is 0.0125. The molecule has 0 radical (unpaired) electrons. The highest BCUT2D eigenvalue weighted by molar-refractivity contribution is 7.89. The van der Waals surface area contributed by atoms with Gasteiger partial charge in [-0.2, -0.15) is 4.31 Å². The topological polar surface area (TPSA) is 123 Å². The number of hydrogen-bond acceptors (Lipinski definition) is 7. The molecule has 1 saturated heterocycles. The van der Waals surface area contributed by atoms with Crippen LogP contribution in [-0.4, -0.2) is 56.9 Å². The number of aromatic amines is 1. The quantitative estimate of drug-likeness (QED) is 0.407. The van der Waals surface area contributed by atoms with Crippen LogP contribution in [0.4, 0.5) is 0 Å². The van der Waals surface area contributed by atoms with Crippen LogP contribution in [0.25, 0.3) is 11.2 Å². The number of fused-ring (bicyclic) bond motifs is 1. The number of rotatable bonds is 7. The summed E-state index contributed by atoms with van der Waals surface area (Å²) in [6.07, 6.45) is 1.10. The molecule has 2 aromatic heterocycles. The van der Waals surface area contributed by atoms with E-state index >= 15 is 0 Å². The lowest BCUT2D eigenvalue weighted by molar-refractivity contribution is 0.242. The molecule has 2 aromatic carbocycles. The number of sulfonamides is 1. The van der Waals surface area contributed by atoms with Crippen molar-refractivity contribution in [2.24, 2.45) is 0 Å². The lowest BCUT2D eigenvalue weighted by atomic mass is 9.97. The fourth-order valence-electron chi connectivity index (χ4n) is 4.42. The zero-order valence-corrected chi connectivity index (χ0v) is 21.0. The molecule has 1 N–H and O–H groups in total. The average molecular weight is 509 g/mol. The summed E-state index contributed by atoms with van der Waals surface area (Å²) in [5, 5.41) is 8.14. The van der Waals surface area contributed by atoms with E-state index in [1.54, 1.807) is 28.9 Å². The van der Waals surface area contributed by atoms with Crippen LogP contribution in [0.15, 0.2) is 64.3 Å². The summed E-state index contributed by atoms with van der Waals surface area (Å²) in [7, 11) is -3.63. The summed E-state index contributed by atoms with van der Waals surface area (Å²) in [4.78, 5) is 20.5. The predicted octanol–water partition coefficient (Wildman–Crippen LogP) is 2.92. The van der Waals surface area contributed by atoms with E-state index in [1.807, 2.05) is 44.2 Å². The van der Waals surface area contributed by atoms with Gasteiger partial charge in [-0.1, -0.05) is 35.5 Å². The van der Waals surface area contributed by atoms with Crippen molar-refractivity contribution < 1.29 is 13.2 Å². The SMILES string of the molecule is CC(C)Oc1ccc(S(=O)(=O)N2CCC(c3nc4c(nnn4Cc4ccccc4)c(=O)[nH]3)CC2)cc1. The molecule has 0 spiro atoms. The number of hydrogen-bond donors (Lipinski definition) is 1. The maximum Gasteiger partial charge on any atom is 0.281 e. The van der Waals surface area contributed by atoms with Gasteiger partial charge >= 0.3 is 0 Å². The molecule has 0 bridgehead atoms. The van der Waals surface area contributed by atoms with Gasteiger partial charge < -0.3 is 9.72 Å². The largest absolute Gasteiger partial charge is 0.491 e. The lowest BCUT2D eigenvalue weighted by Crippen LogP contribution is -2.38. The molecule has 0 atom stereocenters. The van der Waals surface area contributed by atoms with Gasteiger partial charge in [0.1, 0.15) is 11.6 Å². The Bertz CT molecular complexity index is 1510. The van der Waals surface area contributed by atoms with Crippen molar-refractivity contribution in [2.75, 3.05) is 13.1 Å². The van der Waals surface area contributed by atoms with Crippen molar-refractivity contribution in [1.29, 1.82) is 0 Å². The van der Waals surface area contributed by atoms with Gasteiger partial charge in [0.25, 0.3) is 5.56 Å². The van der Waals surface area contributed by atoms with E-state index in [0.29, 0.717) is 49.7 Å². The molecule has 1 aliphatic heterocycles. The van der Waals surface area contributed by atoms with Crippen LogP contribution in [0.2, 0.25) is 0 Å². The first-order valence-electron chi connectivity index (χ1n) is 12.0. The fourth-order valence-corrected chi connectivity index (χ4v) is 5.89. The third-order valence-corrected chi connectivity index (χ3v) is 8.15. The Kier molecular flexibility index (Phi) is 6.59. The summed E-state index contributed by atoms with van der Waals surface area (Å²) in [6.45, 7) is 4.95. The van der Waals surface area contributed by atoms with Gasteiger partial charge in [-0.15, -0.1) is 5.10 Å². The van der Waals surface area contributed by atoms with Crippen LogP contribution in [0.1, 0.15) is 44.0 Å². The van der Waals surface area contributed by atoms with Crippen LogP contribution in [-0.2, 0) is 16.6 Å². The number of ether oxygens (including phenoxy) is 1. The van der Waals surface area contributed by atoms with Gasteiger partial charge in [-0.3, -0.25) is 4.79 Å². The first-order valence-corrected chi connectivity index (χ1v) is 13.4. The van der Waals surface area contributed by atoms with Gasteiger partial charge in [0, 0.05) is 19.0 Å². The molecule has 36 heavy (non-hydrogen) atoms. The van der Waals surface area contributed by atoms with Crippen LogP contribution in [0.5, 0.6) is 5.75 Å². The molecule has 0 saturated carbocycles. The smallest absolute Gasteiger partial charge is 0.281 e. The molecule has 188 valence electrons. The normalized spacial score (nSPS) is 15.5. The van der Waals surface area contributed by atoms with E-state index < -0.39 is 10.0 Å². The molecule has 1 fully saturated rings. The zero-order valence-electron chi connectivity index (χ0n) is 20.2. The van der Waals surface area contributed by atoms with Gasteiger partial charge in [-0.05, 0) is 56.5 Å². The first-order chi connectivity index (χ1) is 17.3. The zero-order chi connectivity index (χ0) is 25.3. The first kappa shape index (κ1) is 24.1. The number of benzene rings is 2. The van der Waals surface area contributed by atoms with Crippen molar-refractivity contribution >= 4 is 21.2 Å². The van der Waals surface area contributed by atoms with Crippen LogP contribution in [0, 0.1) is 0 Å². The monoisotopic (exact) mass is 508 g/mol. The van der Waals surface area contributed by atoms with E-state index in [1.165, 1.54) is 4.31 Å².